The van der Waals surface area contributed by atoms with Gasteiger partial charge in [-0.1, -0.05) is 12.1 Å². The molecule has 2 heterocycles. The van der Waals surface area contributed by atoms with Crippen LogP contribution in [0.4, 0.5) is 0 Å². The zero-order valence-electron chi connectivity index (χ0n) is 15.9. The molecule has 1 aliphatic heterocycles. The highest BCUT2D eigenvalue weighted by Crippen LogP contribution is 2.34. The Morgan fingerprint density at radius 2 is 1.96 bits per heavy atom. The second-order valence-corrected chi connectivity index (χ2v) is 10.3. The van der Waals surface area contributed by atoms with Crippen LogP contribution in [0.25, 0.3) is 0 Å². The van der Waals surface area contributed by atoms with Gasteiger partial charge < -0.3 is 4.90 Å². The Morgan fingerprint density at radius 3 is 2.75 bits per heavy atom. The van der Waals surface area contributed by atoms with Crippen LogP contribution in [0.1, 0.15) is 54.1 Å². The number of nitrogens with one attached hydrogen (secondary N) is 1. The van der Waals surface area contributed by atoms with E-state index in [1.165, 1.54) is 16.9 Å². The molecule has 0 radical (unpaired) electrons. The van der Waals surface area contributed by atoms with Crippen molar-refractivity contribution < 1.29 is 13.2 Å². The number of aryl methyl sites for hydroxylation is 2. The third-order valence-electron chi connectivity index (χ3n) is 5.71. The van der Waals surface area contributed by atoms with Gasteiger partial charge in [-0.3, -0.25) is 4.79 Å². The lowest BCUT2D eigenvalue weighted by Crippen LogP contribution is -2.34. The first-order valence-electron chi connectivity index (χ1n) is 9.99. The predicted molar refractivity (Wildman–Crippen MR) is 111 cm³/mol. The van der Waals surface area contributed by atoms with Crippen LogP contribution in [0, 0.1) is 0 Å². The minimum absolute atomic E-state index is 0.0176. The highest BCUT2D eigenvalue weighted by atomic mass is 32.2. The van der Waals surface area contributed by atoms with Gasteiger partial charge in [0.25, 0.3) is 0 Å². The summed E-state index contributed by atoms with van der Waals surface area (Å²) in [5.41, 5.74) is 2.40. The van der Waals surface area contributed by atoms with Gasteiger partial charge in [-0.25, -0.2) is 13.1 Å². The number of hydrogen-bond acceptors (Lipinski definition) is 4. The number of fused-ring (bicyclic) bond motifs is 1. The van der Waals surface area contributed by atoms with E-state index in [0.717, 1.165) is 44.2 Å². The summed E-state index contributed by atoms with van der Waals surface area (Å²) in [6, 6.07) is 9.63. The summed E-state index contributed by atoms with van der Waals surface area (Å²) >= 11 is 1.67. The average molecular weight is 419 g/mol. The second kappa shape index (κ2) is 8.35. The van der Waals surface area contributed by atoms with Gasteiger partial charge in [0, 0.05) is 24.4 Å². The number of likely N-dealkylation sites (tertiary alicyclic amines) is 1. The lowest BCUT2D eigenvalue weighted by Gasteiger charge is -2.24. The molecule has 2 aliphatic rings. The first kappa shape index (κ1) is 19.6. The third kappa shape index (κ3) is 4.16. The smallest absolute Gasteiger partial charge is 0.240 e. The maximum atomic E-state index is 12.7. The zero-order chi connectivity index (χ0) is 19.6. The fourth-order valence-electron chi connectivity index (χ4n) is 4.24. The predicted octanol–water partition coefficient (Wildman–Crippen LogP) is 3.66. The Morgan fingerprint density at radius 1 is 1.14 bits per heavy atom. The topological polar surface area (TPSA) is 66.5 Å². The number of rotatable bonds is 6. The number of carbonyl (C=O) groups excluding carboxylic acids is 1. The molecule has 1 aromatic heterocycles. The summed E-state index contributed by atoms with van der Waals surface area (Å²) in [6.07, 6.45) is 6.41. The van der Waals surface area contributed by atoms with Crippen molar-refractivity contribution in [1.29, 1.82) is 0 Å². The van der Waals surface area contributed by atoms with Crippen LogP contribution in [0.5, 0.6) is 0 Å². The van der Waals surface area contributed by atoms with Crippen molar-refractivity contribution in [3.05, 3.63) is 51.7 Å². The summed E-state index contributed by atoms with van der Waals surface area (Å²) in [5, 5.41) is 2.03. The number of hydrogen-bond donors (Lipinski definition) is 1. The van der Waals surface area contributed by atoms with Crippen molar-refractivity contribution >= 4 is 27.3 Å². The molecular weight excluding hydrogens is 392 g/mol. The molecule has 1 amide bonds. The van der Waals surface area contributed by atoms with Crippen molar-refractivity contribution in [3.63, 3.8) is 0 Å². The molecule has 1 saturated heterocycles. The average Bonchev–Trinajstić information content (AvgIpc) is 3.38. The van der Waals surface area contributed by atoms with Crippen LogP contribution in [0.15, 0.2) is 40.6 Å². The van der Waals surface area contributed by atoms with Crippen LogP contribution in [-0.4, -0.2) is 32.3 Å². The Kier molecular flexibility index (Phi) is 5.85. The Hall–Kier alpha value is -1.70. The number of nitrogens with zero attached hydrogens (tertiary/aromatic N) is 1. The Balaban J connectivity index is 1.36. The van der Waals surface area contributed by atoms with Gasteiger partial charge in [0.05, 0.1) is 10.9 Å². The number of sulfonamides is 1. The zero-order valence-corrected chi connectivity index (χ0v) is 17.5. The quantitative estimate of drug-likeness (QED) is 0.779. The summed E-state index contributed by atoms with van der Waals surface area (Å²) in [4.78, 5) is 16.1. The number of carbonyl (C=O) groups is 1. The molecule has 1 aromatic carbocycles. The van der Waals surface area contributed by atoms with Crippen molar-refractivity contribution in [3.8, 4) is 0 Å². The Labute approximate surface area is 170 Å². The van der Waals surface area contributed by atoms with Crippen molar-refractivity contribution in [2.24, 2.45) is 0 Å². The SMILES string of the molecule is O=C(CCNS(=O)(=O)c1ccc2c(c1)CCCC2)N1CCCC1c1cccs1. The molecular formula is C21H26N2O3S2. The summed E-state index contributed by atoms with van der Waals surface area (Å²) in [6.45, 7) is 0.880. The van der Waals surface area contributed by atoms with E-state index in [9.17, 15) is 13.2 Å². The largest absolute Gasteiger partial charge is 0.335 e. The van der Waals surface area contributed by atoms with E-state index in [4.69, 9.17) is 0 Å². The molecule has 0 spiro atoms. The van der Waals surface area contributed by atoms with E-state index in [0.29, 0.717) is 4.90 Å². The van der Waals surface area contributed by atoms with Crippen LogP contribution in [-0.2, 0) is 27.7 Å². The molecule has 7 heteroatoms. The van der Waals surface area contributed by atoms with Crippen LogP contribution in [0.2, 0.25) is 0 Å². The normalized spacial score (nSPS) is 19.6. The van der Waals surface area contributed by atoms with Crippen molar-refractivity contribution in [2.75, 3.05) is 13.1 Å². The molecule has 5 nitrogen and oxygen atoms in total. The van der Waals surface area contributed by atoms with Gasteiger partial charge in [0.1, 0.15) is 0 Å². The molecule has 2 aromatic rings. The molecule has 1 aliphatic carbocycles. The maximum Gasteiger partial charge on any atom is 0.240 e. The number of thiophene rings is 1. The van der Waals surface area contributed by atoms with E-state index in [1.807, 2.05) is 22.4 Å². The van der Waals surface area contributed by atoms with E-state index in [2.05, 4.69) is 10.8 Å². The first-order valence-corrected chi connectivity index (χ1v) is 12.4. The van der Waals surface area contributed by atoms with E-state index in [1.54, 1.807) is 23.5 Å². The first-order chi connectivity index (χ1) is 13.5. The monoisotopic (exact) mass is 418 g/mol. The van der Waals surface area contributed by atoms with E-state index < -0.39 is 10.0 Å². The molecule has 0 bridgehead atoms. The van der Waals surface area contributed by atoms with Gasteiger partial charge in [0.2, 0.25) is 15.9 Å². The van der Waals surface area contributed by atoms with Crippen LogP contribution >= 0.6 is 11.3 Å². The number of benzene rings is 1. The fourth-order valence-corrected chi connectivity index (χ4v) is 6.19. The van der Waals surface area contributed by atoms with Crippen molar-refractivity contribution in [1.82, 2.24) is 9.62 Å². The van der Waals surface area contributed by atoms with Crippen molar-refractivity contribution in [2.45, 2.75) is 55.9 Å². The third-order valence-corrected chi connectivity index (χ3v) is 8.14. The van der Waals surface area contributed by atoms with Crippen LogP contribution < -0.4 is 4.72 Å². The summed E-state index contributed by atoms with van der Waals surface area (Å²) in [7, 11) is -3.59. The maximum absolute atomic E-state index is 12.7. The highest BCUT2D eigenvalue weighted by molar-refractivity contribution is 7.89. The van der Waals surface area contributed by atoms with Gasteiger partial charge in [0.15, 0.2) is 0 Å². The fraction of sp³-hybridized carbons (Fsp3) is 0.476. The standard InChI is InChI=1S/C21H26N2O3S2/c24-21(23-13-3-7-19(23)20-8-4-14-27-20)11-12-22-28(25,26)18-10-9-16-5-1-2-6-17(16)15-18/h4,8-10,14-15,19,22H,1-3,5-7,11-13H2. The molecule has 150 valence electrons. The van der Waals surface area contributed by atoms with E-state index >= 15 is 0 Å². The molecule has 0 saturated carbocycles. The number of amides is 1. The molecule has 1 atom stereocenters. The Bertz CT molecular complexity index is 939. The highest BCUT2D eigenvalue weighted by Gasteiger charge is 2.30. The molecule has 1 N–H and O–H groups in total. The molecule has 1 unspecified atom stereocenters. The minimum Gasteiger partial charge on any atom is -0.335 e. The van der Waals surface area contributed by atoms with Gasteiger partial charge in [-0.2, -0.15) is 0 Å². The van der Waals surface area contributed by atoms with Gasteiger partial charge >= 0.3 is 0 Å². The van der Waals surface area contributed by atoms with Gasteiger partial charge in [-0.15, -0.1) is 11.3 Å². The lowest BCUT2D eigenvalue weighted by molar-refractivity contribution is -0.131. The minimum atomic E-state index is -3.59. The molecule has 28 heavy (non-hydrogen) atoms. The van der Waals surface area contributed by atoms with Gasteiger partial charge in [-0.05, 0) is 73.2 Å². The van der Waals surface area contributed by atoms with E-state index in [-0.39, 0.29) is 24.9 Å². The van der Waals surface area contributed by atoms with Crippen LogP contribution in [0.3, 0.4) is 0 Å². The second-order valence-electron chi connectivity index (χ2n) is 7.55. The lowest BCUT2D eigenvalue weighted by atomic mass is 9.92. The molecule has 1 fully saturated rings. The summed E-state index contributed by atoms with van der Waals surface area (Å²) < 4.78 is 27.9. The summed E-state index contributed by atoms with van der Waals surface area (Å²) in [5.74, 6) is 0.0176. The molecule has 4 rings (SSSR count).